The molecule has 2 N–H and O–H groups in total. The van der Waals surface area contributed by atoms with Crippen LogP contribution in [0.4, 0.5) is 5.82 Å². The number of amides is 2. The van der Waals surface area contributed by atoms with Gasteiger partial charge in [0.25, 0.3) is 0 Å². The Morgan fingerprint density at radius 2 is 2.22 bits per heavy atom. The minimum Gasteiger partial charge on any atom is -0.372 e. The molecular formula is C11H15N5O2. The van der Waals surface area contributed by atoms with Crippen LogP contribution in [-0.2, 0) is 16.1 Å². The van der Waals surface area contributed by atoms with Crippen molar-refractivity contribution in [3.63, 3.8) is 0 Å². The van der Waals surface area contributed by atoms with E-state index in [4.69, 9.17) is 0 Å². The lowest BCUT2D eigenvalue weighted by molar-refractivity contribution is -0.139. The van der Waals surface area contributed by atoms with Crippen molar-refractivity contribution in [1.82, 2.24) is 20.2 Å². The van der Waals surface area contributed by atoms with Gasteiger partial charge in [0.2, 0.25) is 11.8 Å². The molecule has 2 heterocycles. The van der Waals surface area contributed by atoms with Crippen molar-refractivity contribution >= 4 is 17.6 Å². The molecule has 96 valence electrons. The molecule has 0 bridgehead atoms. The second kappa shape index (κ2) is 5.09. The highest BCUT2D eigenvalue weighted by Crippen LogP contribution is 2.10. The Kier molecular flexibility index (Phi) is 3.52. The van der Waals surface area contributed by atoms with Gasteiger partial charge in [-0.2, -0.15) is 0 Å². The highest BCUT2D eigenvalue weighted by atomic mass is 16.2. The number of rotatable bonds is 3. The van der Waals surface area contributed by atoms with E-state index in [2.05, 4.69) is 20.6 Å². The Labute approximate surface area is 105 Å². The van der Waals surface area contributed by atoms with E-state index in [1.165, 1.54) is 0 Å². The summed E-state index contributed by atoms with van der Waals surface area (Å²) >= 11 is 0. The molecule has 1 aromatic heterocycles. The molecule has 1 atom stereocenters. The summed E-state index contributed by atoms with van der Waals surface area (Å²) in [6.45, 7) is 2.39. The molecule has 1 unspecified atom stereocenters. The summed E-state index contributed by atoms with van der Waals surface area (Å²) < 4.78 is 0. The topological polar surface area (TPSA) is 87.2 Å². The molecule has 0 saturated carbocycles. The van der Waals surface area contributed by atoms with Crippen molar-refractivity contribution in [2.24, 2.45) is 0 Å². The largest absolute Gasteiger partial charge is 0.372 e. The number of nitrogens with zero attached hydrogens (tertiary/aromatic N) is 3. The summed E-state index contributed by atoms with van der Waals surface area (Å²) in [5.74, 6) is 0.128. The standard InChI is InChI=1S/C11H15N5O2/c1-7-11(18)15-10(17)6-16(7)5-8-3-14-9(12-2)4-13-8/h3-4,7H,5-6H2,1-2H3,(H,12,14)(H,15,17,18). The molecule has 1 aliphatic rings. The zero-order valence-electron chi connectivity index (χ0n) is 10.3. The van der Waals surface area contributed by atoms with Crippen molar-refractivity contribution in [2.45, 2.75) is 19.5 Å². The molecule has 1 aromatic rings. The van der Waals surface area contributed by atoms with Crippen LogP contribution in [0.15, 0.2) is 12.4 Å². The van der Waals surface area contributed by atoms with E-state index < -0.39 is 0 Å². The monoisotopic (exact) mass is 249 g/mol. The number of aromatic nitrogens is 2. The number of carbonyl (C=O) groups is 2. The zero-order valence-corrected chi connectivity index (χ0v) is 10.3. The Morgan fingerprint density at radius 1 is 1.44 bits per heavy atom. The zero-order chi connectivity index (χ0) is 13.1. The first kappa shape index (κ1) is 12.4. The second-order valence-electron chi connectivity index (χ2n) is 4.14. The number of piperazine rings is 1. The van der Waals surface area contributed by atoms with Gasteiger partial charge in [0.15, 0.2) is 0 Å². The lowest BCUT2D eigenvalue weighted by atomic mass is 10.2. The molecule has 2 amide bonds. The SMILES string of the molecule is CNc1cnc(CN2CC(=O)NC(=O)C2C)cn1. The van der Waals surface area contributed by atoms with Crippen LogP contribution in [-0.4, -0.2) is 46.3 Å². The molecule has 1 saturated heterocycles. The maximum absolute atomic E-state index is 11.5. The van der Waals surface area contributed by atoms with Gasteiger partial charge in [0, 0.05) is 13.6 Å². The molecule has 7 nitrogen and oxygen atoms in total. The average molecular weight is 249 g/mol. The first-order valence-corrected chi connectivity index (χ1v) is 5.66. The molecule has 0 aliphatic carbocycles. The summed E-state index contributed by atoms with van der Waals surface area (Å²) in [4.78, 5) is 32.9. The maximum atomic E-state index is 11.5. The molecule has 1 fully saturated rings. The molecule has 0 spiro atoms. The maximum Gasteiger partial charge on any atom is 0.243 e. The molecule has 18 heavy (non-hydrogen) atoms. The number of hydrogen-bond donors (Lipinski definition) is 2. The Balaban J connectivity index is 2.07. The molecule has 0 aromatic carbocycles. The highest BCUT2D eigenvalue weighted by molar-refractivity contribution is 6.00. The minimum atomic E-state index is -0.339. The Morgan fingerprint density at radius 3 is 2.83 bits per heavy atom. The van der Waals surface area contributed by atoms with E-state index in [1.54, 1.807) is 31.3 Å². The average Bonchev–Trinajstić information content (AvgIpc) is 2.36. The van der Waals surface area contributed by atoms with Crippen molar-refractivity contribution in [2.75, 3.05) is 18.9 Å². The van der Waals surface area contributed by atoms with Gasteiger partial charge in [0.1, 0.15) is 5.82 Å². The van der Waals surface area contributed by atoms with Gasteiger partial charge in [-0.3, -0.25) is 24.8 Å². The first-order chi connectivity index (χ1) is 8.60. The van der Waals surface area contributed by atoms with Crippen LogP contribution in [0.25, 0.3) is 0 Å². The van der Waals surface area contributed by atoms with Crippen LogP contribution in [0, 0.1) is 0 Å². The van der Waals surface area contributed by atoms with E-state index in [-0.39, 0.29) is 24.4 Å². The number of nitrogens with one attached hydrogen (secondary N) is 2. The predicted octanol–water partition coefficient (Wildman–Crippen LogP) is -0.635. The normalized spacial score (nSPS) is 20.7. The predicted molar refractivity (Wildman–Crippen MR) is 64.6 cm³/mol. The van der Waals surface area contributed by atoms with Gasteiger partial charge < -0.3 is 5.32 Å². The lowest BCUT2D eigenvalue weighted by Gasteiger charge is -2.31. The van der Waals surface area contributed by atoms with Gasteiger partial charge >= 0.3 is 0 Å². The van der Waals surface area contributed by atoms with Gasteiger partial charge in [0.05, 0.1) is 30.7 Å². The molecule has 7 heteroatoms. The summed E-state index contributed by atoms with van der Waals surface area (Å²) in [5.41, 5.74) is 0.725. The quantitative estimate of drug-likeness (QED) is 0.693. The number of hydrogen-bond acceptors (Lipinski definition) is 6. The van der Waals surface area contributed by atoms with Gasteiger partial charge in [-0.15, -0.1) is 0 Å². The summed E-state index contributed by atoms with van der Waals surface area (Å²) in [6, 6.07) is -0.339. The smallest absolute Gasteiger partial charge is 0.243 e. The second-order valence-corrected chi connectivity index (χ2v) is 4.14. The number of anilines is 1. The van der Waals surface area contributed by atoms with E-state index in [0.29, 0.717) is 12.4 Å². The first-order valence-electron chi connectivity index (χ1n) is 5.66. The highest BCUT2D eigenvalue weighted by Gasteiger charge is 2.30. The van der Waals surface area contributed by atoms with E-state index in [0.717, 1.165) is 5.69 Å². The van der Waals surface area contributed by atoms with Crippen LogP contribution in [0.2, 0.25) is 0 Å². The van der Waals surface area contributed by atoms with E-state index >= 15 is 0 Å². The van der Waals surface area contributed by atoms with E-state index in [9.17, 15) is 9.59 Å². The van der Waals surface area contributed by atoms with Gasteiger partial charge in [-0.1, -0.05) is 0 Å². The van der Waals surface area contributed by atoms with Gasteiger partial charge in [-0.05, 0) is 6.92 Å². The molecule has 2 rings (SSSR count). The lowest BCUT2D eigenvalue weighted by Crippen LogP contribution is -2.56. The van der Waals surface area contributed by atoms with Crippen molar-refractivity contribution in [1.29, 1.82) is 0 Å². The number of imide groups is 1. The Hall–Kier alpha value is -2.02. The third-order valence-corrected chi connectivity index (χ3v) is 2.86. The van der Waals surface area contributed by atoms with Crippen LogP contribution in [0.1, 0.15) is 12.6 Å². The fourth-order valence-corrected chi connectivity index (χ4v) is 1.74. The summed E-state index contributed by atoms with van der Waals surface area (Å²) in [6.07, 6.45) is 3.25. The molecule has 1 aliphatic heterocycles. The van der Waals surface area contributed by atoms with Crippen LogP contribution in [0.3, 0.4) is 0 Å². The van der Waals surface area contributed by atoms with Crippen molar-refractivity contribution < 1.29 is 9.59 Å². The third kappa shape index (κ3) is 2.62. The van der Waals surface area contributed by atoms with Crippen LogP contribution < -0.4 is 10.6 Å². The fraction of sp³-hybridized carbons (Fsp3) is 0.455. The summed E-state index contributed by atoms with van der Waals surface area (Å²) in [5, 5.41) is 5.17. The minimum absolute atomic E-state index is 0.197. The summed E-state index contributed by atoms with van der Waals surface area (Å²) in [7, 11) is 1.76. The fourth-order valence-electron chi connectivity index (χ4n) is 1.74. The van der Waals surface area contributed by atoms with Crippen molar-refractivity contribution in [3.8, 4) is 0 Å². The molecule has 0 radical (unpaired) electrons. The molecular weight excluding hydrogens is 234 g/mol. The third-order valence-electron chi connectivity index (χ3n) is 2.86. The van der Waals surface area contributed by atoms with E-state index in [1.807, 2.05) is 0 Å². The van der Waals surface area contributed by atoms with Crippen LogP contribution >= 0.6 is 0 Å². The van der Waals surface area contributed by atoms with Gasteiger partial charge in [-0.25, -0.2) is 4.98 Å². The van der Waals surface area contributed by atoms with Crippen LogP contribution in [0.5, 0.6) is 0 Å². The Bertz CT molecular complexity index is 459. The number of carbonyl (C=O) groups excluding carboxylic acids is 2. The van der Waals surface area contributed by atoms with Crippen molar-refractivity contribution in [3.05, 3.63) is 18.1 Å².